The number of ether oxygens (including phenoxy) is 1. The number of methoxy groups -OCH3 is 1. The number of nitrogens with one attached hydrogen (secondary N) is 1. The zero-order valence-corrected chi connectivity index (χ0v) is 12.2. The van der Waals surface area contributed by atoms with Crippen molar-refractivity contribution < 1.29 is 4.74 Å². The van der Waals surface area contributed by atoms with Crippen LogP contribution >= 0.6 is 11.6 Å². The molecule has 0 aliphatic rings. The molecule has 100 valence electrons. The third-order valence-electron chi connectivity index (χ3n) is 3.27. The third kappa shape index (κ3) is 2.91. The Bertz CT molecular complexity index is 551. The SMILES string of the molecule is CNC(c1ccc(OC)cc1)c1cccc(C)c1Cl. The van der Waals surface area contributed by atoms with Crippen molar-refractivity contribution in [2.75, 3.05) is 14.2 Å². The average Bonchev–Trinajstić information content (AvgIpc) is 2.45. The quantitative estimate of drug-likeness (QED) is 0.912. The lowest BCUT2D eigenvalue weighted by Crippen LogP contribution is -2.18. The van der Waals surface area contributed by atoms with Gasteiger partial charge >= 0.3 is 0 Å². The van der Waals surface area contributed by atoms with E-state index in [1.54, 1.807) is 7.11 Å². The highest BCUT2D eigenvalue weighted by molar-refractivity contribution is 6.32. The van der Waals surface area contributed by atoms with Crippen molar-refractivity contribution in [3.8, 4) is 5.75 Å². The molecule has 1 N–H and O–H groups in total. The maximum absolute atomic E-state index is 6.41. The second kappa shape index (κ2) is 6.09. The predicted octanol–water partition coefficient (Wildman–Crippen LogP) is 3.97. The molecule has 2 nitrogen and oxygen atoms in total. The summed E-state index contributed by atoms with van der Waals surface area (Å²) in [4.78, 5) is 0. The molecule has 2 rings (SSSR count). The standard InChI is InChI=1S/C16H18ClNO/c1-11-5-4-6-14(15(11)17)16(18-2)12-7-9-13(19-3)10-8-12/h4-10,16,18H,1-3H3. The van der Waals surface area contributed by atoms with E-state index >= 15 is 0 Å². The van der Waals surface area contributed by atoms with Crippen LogP contribution in [-0.4, -0.2) is 14.2 Å². The van der Waals surface area contributed by atoms with Gasteiger partial charge in [0, 0.05) is 5.02 Å². The van der Waals surface area contributed by atoms with Crippen LogP contribution in [0.3, 0.4) is 0 Å². The Kier molecular flexibility index (Phi) is 4.46. The molecular formula is C16H18ClNO. The van der Waals surface area contributed by atoms with Gasteiger partial charge in [0.05, 0.1) is 13.2 Å². The summed E-state index contributed by atoms with van der Waals surface area (Å²) < 4.78 is 5.18. The molecule has 0 aliphatic carbocycles. The minimum Gasteiger partial charge on any atom is -0.497 e. The van der Waals surface area contributed by atoms with E-state index in [2.05, 4.69) is 23.5 Å². The van der Waals surface area contributed by atoms with Crippen LogP contribution in [0.15, 0.2) is 42.5 Å². The van der Waals surface area contributed by atoms with Gasteiger partial charge in [-0.15, -0.1) is 0 Å². The van der Waals surface area contributed by atoms with E-state index in [0.29, 0.717) is 0 Å². The zero-order chi connectivity index (χ0) is 13.8. The normalized spacial score (nSPS) is 12.2. The molecular weight excluding hydrogens is 258 g/mol. The minimum absolute atomic E-state index is 0.0818. The van der Waals surface area contributed by atoms with Crippen LogP contribution in [-0.2, 0) is 0 Å². The second-order valence-electron chi connectivity index (χ2n) is 4.47. The van der Waals surface area contributed by atoms with Crippen LogP contribution in [0.4, 0.5) is 0 Å². The van der Waals surface area contributed by atoms with Crippen LogP contribution in [0.2, 0.25) is 5.02 Å². The summed E-state index contributed by atoms with van der Waals surface area (Å²) in [5, 5.41) is 4.13. The highest BCUT2D eigenvalue weighted by Gasteiger charge is 2.15. The number of hydrogen-bond donors (Lipinski definition) is 1. The van der Waals surface area contributed by atoms with E-state index in [1.807, 2.05) is 38.2 Å². The van der Waals surface area contributed by atoms with Gasteiger partial charge in [0.15, 0.2) is 0 Å². The third-order valence-corrected chi connectivity index (χ3v) is 3.79. The lowest BCUT2D eigenvalue weighted by atomic mass is 9.97. The molecule has 19 heavy (non-hydrogen) atoms. The number of halogens is 1. The molecule has 0 aromatic heterocycles. The number of aryl methyl sites for hydroxylation is 1. The summed E-state index contributed by atoms with van der Waals surface area (Å²) in [5.74, 6) is 0.856. The molecule has 0 radical (unpaired) electrons. The maximum Gasteiger partial charge on any atom is 0.118 e. The lowest BCUT2D eigenvalue weighted by Gasteiger charge is -2.19. The van der Waals surface area contributed by atoms with Gasteiger partial charge in [-0.25, -0.2) is 0 Å². The minimum atomic E-state index is 0.0818. The lowest BCUT2D eigenvalue weighted by molar-refractivity contribution is 0.414. The van der Waals surface area contributed by atoms with Gasteiger partial charge in [0.1, 0.15) is 5.75 Å². The Hall–Kier alpha value is -1.51. The largest absolute Gasteiger partial charge is 0.497 e. The molecule has 0 spiro atoms. The van der Waals surface area contributed by atoms with Crippen LogP contribution in [0.25, 0.3) is 0 Å². The first-order chi connectivity index (χ1) is 9.17. The van der Waals surface area contributed by atoms with Gasteiger partial charge in [-0.3, -0.25) is 0 Å². The van der Waals surface area contributed by atoms with Crippen molar-refractivity contribution in [3.05, 3.63) is 64.2 Å². The molecule has 1 atom stereocenters. The van der Waals surface area contributed by atoms with E-state index in [0.717, 1.165) is 27.5 Å². The van der Waals surface area contributed by atoms with Crippen molar-refractivity contribution >= 4 is 11.6 Å². The molecule has 0 saturated carbocycles. The van der Waals surface area contributed by atoms with E-state index in [4.69, 9.17) is 16.3 Å². The van der Waals surface area contributed by atoms with Gasteiger partial charge in [0.2, 0.25) is 0 Å². The summed E-state index contributed by atoms with van der Waals surface area (Å²) in [7, 11) is 3.61. The molecule has 1 unspecified atom stereocenters. The van der Waals surface area contributed by atoms with Crippen molar-refractivity contribution in [1.29, 1.82) is 0 Å². The summed E-state index contributed by atoms with van der Waals surface area (Å²) in [6.07, 6.45) is 0. The van der Waals surface area contributed by atoms with Crippen molar-refractivity contribution in [2.45, 2.75) is 13.0 Å². The fourth-order valence-electron chi connectivity index (χ4n) is 2.19. The van der Waals surface area contributed by atoms with Gasteiger partial charge in [-0.05, 0) is 42.8 Å². The monoisotopic (exact) mass is 275 g/mol. The smallest absolute Gasteiger partial charge is 0.118 e. The molecule has 0 fully saturated rings. The molecule has 2 aromatic carbocycles. The highest BCUT2D eigenvalue weighted by Crippen LogP contribution is 2.30. The first-order valence-electron chi connectivity index (χ1n) is 6.23. The molecule has 0 bridgehead atoms. The Labute approximate surface area is 119 Å². The van der Waals surface area contributed by atoms with Crippen LogP contribution < -0.4 is 10.1 Å². The van der Waals surface area contributed by atoms with E-state index in [-0.39, 0.29) is 6.04 Å². The Morgan fingerprint density at radius 1 is 1.11 bits per heavy atom. The van der Waals surface area contributed by atoms with Crippen molar-refractivity contribution in [3.63, 3.8) is 0 Å². The number of rotatable bonds is 4. The first-order valence-corrected chi connectivity index (χ1v) is 6.61. The van der Waals surface area contributed by atoms with E-state index < -0.39 is 0 Å². The van der Waals surface area contributed by atoms with Gasteiger partial charge in [-0.1, -0.05) is 41.9 Å². The summed E-state index contributed by atoms with van der Waals surface area (Å²) in [6, 6.07) is 14.2. The fraction of sp³-hybridized carbons (Fsp3) is 0.250. The highest BCUT2D eigenvalue weighted by atomic mass is 35.5. The maximum atomic E-state index is 6.41. The summed E-state index contributed by atoms with van der Waals surface area (Å²) >= 11 is 6.41. The molecule has 0 saturated heterocycles. The Balaban J connectivity index is 2.40. The topological polar surface area (TPSA) is 21.3 Å². The molecule has 0 amide bonds. The summed E-state index contributed by atoms with van der Waals surface area (Å²) in [5.41, 5.74) is 3.35. The van der Waals surface area contributed by atoms with Crippen molar-refractivity contribution in [2.24, 2.45) is 0 Å². The zero-order valence-electron chi connectivity index (χ0n) is 11.4. The van der Waals surface area contributed by atoms with E-state index in [9.17, 15) is 0 Å². The number of hydrogen-bond acceptors (Lipinski definition) is 2. The molecule has 0 aliphatic heterocycles. The Morgan fingerprint density at radius 3 is 2.37 bits per heavy atom. The number of benzene rings is 2. The Morgan fingerprint density at radius 2 is 1.79 bits per heavy atom. The van der Waals surface area contributed by atoms with Crippen molar-refractivity contribution in [1.82, 2.24) is 5.32 Å². The van der Waals surface area contributed by atoms with Crippen LogP contribution in [0.1, 0.15) is 22.7 Å². The molecule has 0 heterocycles. The first kappa shape index (κ1) is 13.9. The average molecular weight is 276 g/mol. The molecule has 3 heteroatoms. The van der Waals surface area contributed by atoms with Gasteiger partial charge < -0.3 is 10.1 Å². The second-order valence-corrected chi connectivity index (χ2v) is 4.85. The van der Waals surface area contributed by atoms with Crippen LogP contribution in [0, 0.1) is 6.92 Å². The summed E-state index contributed by atoms with van der Waals surface area (Å²) in [6.45, 7) is 2.02. The molecule has 2 aromatic rings. The fourth-order valence-corrected chi connectivity index (χ4v) is 2.43. The van der Waals surface area contributed by atoms with Crippen LogP contribution in [0.5, 0.6) is 5.75 Å². The van der Waals surface area contributed by atoms with Gasteiger partial charge in [-0.2, -0.15) is 0 Å². The van der Waals surface area contributed by atoms with Gasteiger partial charge in [0.25, 0.3) is 0 Å². The predicted molar refractivity (Wildman–Crippen MR) is 80.1 cm³/mol. The van der Waals surface area contributed by atoms with E-state index in [1.165, 1.54) is 0 Å².